The molecule has 0 aliphatic carbocycles. The molecule has 0 aromatic heterocycles. The van der Waals surface area contributed by atoms with Crippen LogP contribution in [0.15, 0.2) is 0 Å². The largest absolute Gasteiger partial charge is 2.00 e. The number of hydrogen-bond donors (Lipinski definition) is 0. The molecule has 0 aromatic carbocycles. The molecule has 0 amide bonds. The second-order valence-electron chi connectivity index (χ2n) is 0. The standard InChI is InChI=1S/Ba.3O.V.Zn/q+2;3*-2;;+2. The third-order valence-electron chi connectivity index (χ3n) is 0. The fraction of sp³-hybridized carbons (Fsp3) is 0. The van der Waals surface area contributed by atoms with Gasteiger partial charge in [0.25, 0.3) is 0 Å². The van der Waals surface area contributed by atoms with Crippen molar-refractivity contribution in [3.05, 3.63) is 0 Å². The zero-order chi connectivity index (χ0) is 0. The van der Waals surface area contributed by atoms with Crippen molar-refractivity contribution in [3.8, 4) is 0 Å². The first-order valence-corrected chi connectivity index (χ1v) is 0. The summed E-state index contributed by atoms with van der Waals surface area (Å²) in [7, 11) is 0. The quantitative estimate of drug-likeness (QED) is 0.528. The monoisotopic (exact) mass is 301 g/mol. The molecule has 1 radical (unpaired) electrons. The molecule has 0 aliphatic heterocycles. The van der Waals surface area contributed by atoms with Crippen LogP contribution < -0.4 is 0 Å². The van der Waals surface area contributed by atoms with Gasteiger partial charge in [-0.05, 0) is 0 Å². The summed E-state index contributed by atoms with van der Waals surface area (Å²) in [5.41, 5.74) is 0. The van der Waals surface area contributed by atoms with E-state index in [2.05, 4.69) is 0 Å². The zero-order valence-corrected chi connectivity index (χ0v) is 11.9. The minimum atomic E-state index is 0. The minimum Gasteiger partial charge on any atom is -2.00 e. The van der Waals surface area contributed by atoms with Crippen molar-refractivity contribution < 1.29 is 54.5 Å². The summed E-state index contributed by atoms with van der Waals surface area (Å²) in [5.74, 6) is 0. The maximum absolute atomic E-state index is 0. The molecule has 0 bridgehead atoms. The van der Waals surface area contributed by atoms with E-state index in [0.717, 1.165) is 0 Å². The van der Waals surface area contributed by atoms with Gasteiger partial charge in [0.15, 0.2) is 0 Å². The summed E-state index contributed by atoms with van der Waals surface area (Å²) in [5, 5.41) is 0. The van der Waals surface area contributed by atoms with E-state index in [0.29, 0.717) is 0 Å². The molecule has 0 N–H and O–H groups in total. The predicted molar refractivity (Wildman–Crippen MR) is 7.81 cm³/mol. The smallest absolute Gasteiger partial charge is 2.00 e. The van der Waals surface area contributed by atoms with E-state index in [1.54, 1.807) is 0 Å². The fourth-order valence-corrected chi connectivity index (χ4v) is 0. The van der Waals surface area contributed by atoms with Gasteiger partial charge in [-0.2, -0.15) is 0 Å². The Labute approximate surface area is 101 Å². The van der Waals surface area contributed by atoms with Gasteiger partial charge in [-0.3, -0.25) is 0 Å². The predicted octanol–water partition coefficient (Wildman–Crippen LogP) is -0.742. The number of rotatable bonds is 0. The van der Waals surface area contributed by atoms with Gasteiger partial charge in [0, 0.05) is 18.6 Å². The summed E-state index contributed by atoms with van der Waals surface area (Å²) in [4.78, 5) is 0. The van der Waals surface area contributed by atoms with Crippen molar-refractivity contribution in [2.24, 2.45) is 0 Å². The van der Waals surface area contributed by atoms with Crippen molar-refractivity contribution in [3.63, 3.8) is 0 Å². The Morgan fingerprint density at radius 2 is 0.667 bits per heavy atom. The molecule has 0 saturated carbocycles. The fourth-order valence-electron chi connectivity index (χ4n) is 0. The van der Waals surface area contributed by atoms with Crippen LogP contribution in [0.4, 0.5) is 0 Å². The Balaban J connectivity index is 0. The van der Waals surface area contributed by atoms with E-state index in [-0.39, 0.29) is 103 Å². The molecule has 0 unspecified atom stereocenters. The van der Waals surface area contributed by atoms with Crippen molar-refractivity contribution in [1.29, 1.82) is 0 Å². The molecular weight excluding hydrogens is 302 g/mol. The van der Waals surface area contributed by atoms with E-state index < -0.39 is 0 Å². The van der Waals surface area contributed by atoms with Gasteiger partial charge >= 0.3 is 68.4 Å². The number of hydrogen-bond acceptors (Lipinski definition) is 0. The summed E-state index contributed by atoms with van der Waals surface area (Å²) < 4.78 is 0. The van der Waals surface area contributed by atoms with Crippen LogP contribution in [0.2, 0.25) is 0 Å². The van der Waals surface area contributed by atoms with Crippen molar-refractivity contribution in [2.45, 2.75) is 0 Å². The van der Waals surface area contributed by atoms with Gasteiger partial charge < -0.3 is 16.4 Å². The molecule has 0 atom stereocenters. The van der Waals surface area contributed by atoms with Crippen LogP contribution in [-0.4, -0.2) is 48.9 Å². The van der Waals surface area contributed by atoms with Crippen LogP contribution in [0.1, 0.15) is 0 Å². The van der Waals surface area contributed by atoms with Crippen LogP contribution in [0.5, 0.6) is 0 Å². The van der Waals surface area contributed by atoms with Gasteiger partial charge in [-0.15, -0.1) is 0 Å². The van der Waals surface area contributed by atoms with Crippen LogP contribution in [0.25, 0.3) is 0 Å². The molecule has 0 saturated heterocycles. The Hall–Kier alpha value is 2.66. The first kappa shape index (κ1) is 71.8. The van der Waals surface area contributed by atoms with Gasteiger partial charge in [0.05, 0.1) is 0 Å². The molecule has 0 fully saturated rings. The van der Waals surface area contributed by atoms with Crippen molar-refractivity contribution in [1.82, 2.24) is 0 Å². The van der Waals surface area contributed by atoms with Gasteiger partial charge in [0.1, 0.15) is 0 Å². The first-order chi connectivity index (χ1) is 0. The van der Waals surface area contributed by atoms with E-state index in [9.17, 15) is 0 Å². The molecule has 29 valence electrons. The maximum Gasteiger partial charge on any atom is 2.00 e. The second-order valence-corrected chi connectivity index (χ2v) is 0. The van der Waals surface area contributed by atoms with Crippen LogP contribution in [0.3, 0.4) is 0 Å². The Morgan fingerprint density at radius 1 is 0.667 bits per heavy atom. The van der Waals surface area contributed by atoms with E-state index >= 15 is 0 Å². The van der Waals surface area contributed by atoms with Crippen molar-refractivity contribution in [2.75, 3.05) is 0 Å². The summed E-state index contributed by atoms with van der Waals surface area (Å²) in [6.07, 6.45) is 0. The van der Waals surface area contributed by atoms with E-state index in [1.807, 2.05) is 0 Å². The molecule has 0 spiro atoms. The van der Waals surface area contributed by atoms with Gasteiger partial charge in [-0.25, -0.2) is 0 Å². The topological polar surface area (TPSA) is 85.5 Å². The van der Waals surface area contributed by atoms with Crippen molar-refractivity contribution >= 4 is 48.9 Å². The normalized spacial score (nSPS) is 0. The Kier molecular flexibility index (Phi) is 575. The molecule has 0 aromatic rings. The minimum absolute atomic E-state index is 0. The third kappa shape index (κ3) is 30.2. The van der Waals surface area contributed by atoms with Gasteiger partial charge in [0.2, 0.25) is 0 Å². The van der Waals surface area contributed by atoms with Gasteiger partial charge in [-0.1, -0.05) is 0 Å². The molecule has 0 rings (SSSR count). The molecule has 0 heterocycles. The van der Waals surface area contributed by atoms with Crippen LogP contribution >= 0.6 is 0 Å². The Morgan fingerprint density at radius 3 is 0.667 bits per heavy atom. The van der Waals surface area contributed by atoms with E-state index in [1.165, 1.54) is 0 Å². The molecule has 0 aliphatic rings. The SMILES string of the molecule is [Ba+2].[O-2].[O-2].[O-2].[V].[Zn+2]. The van der Waals surface area contributed by atoms with Crippen LogP contribution in [-0.2, 0) is 54.5 Å². The maximum atomic E-state index is 0. The molecular formula is BaO3VZn-2. The molecule has 6 heteroatoms. The molecule has 3 nitrogen and oxygen atoms in total. The van der Waals surface area contributed by atoms with Crippen LogP contribution in [0, 0.1) is 0 Å². The first-order valence-electron chi connectivity index (χ1n) is 0. The Bertz CT molecular complexity index is 10.8. The summed E-state index contributed by atoms with van der Waals surface area (Å²) in [6.45, 7) is 0. The summed E-state index contributed by atoms with van der Waals surface area (Å²) >= 11 is 0. The third-order valence-corrected chi connectivity index (χ3v) is 0. The summed E-state index contributed by atoms with van der Waals surface area (Å²) in [6, 6.07) is 0. The second kappa shape index (κ2) is 48.0. The zero-order valence-electron chi connectivity index (χ0n) is 3.09. The van der Waals surface area contributed by atoms with E-state index in [4.69, 9.17) is 0 Å². The average Bonchev–Trinajstić information content (AvgIpc) is 0. The average molecular weight is 302 g/mol. The molecule has 6 heavy (non-hydrogen) atoms.